The Balaban J connectivity index is 1.94. The molecule has 0 fully saturated rings. The van der Waals surface area contributed by atoms with Gasteiger partial charge >= 0.3 is 5.97 Å². The van der Waals surface area contributed by atoms with Gasteiger partial charge in [-0.1, -0.05) is 12.2 Å². The lowest BCUT2D eigenvalue weighted by Crippen LogP contribution is -1.98. The van der Waals surface area contributed by atoms with Gasteiger partial charge in [0.1, 0.15) is 16.5 Å². The van der Waals surface area contributed by atoms with Gasteiger partial charge in [-0.3, -0.25) is 0 Å². The van der Waals surface area contributed by atoms with Gasteiger partial charge in [0.2, 0.25) is 0 Å². The van der Waals surface area contributed by atoms with Crippen molar-refractivity contribution in [2.24, 2.45) is 0 Å². The molecular weight excluding hydrogens is 398 g/mol. The molecule has 1 aromatic heterocycles. The third kappa shape index (κ3) is 5.36. The Hall–Kier alpha value is -3.38. The molecule has 0 aliphatic carbocycles. The zero-order chi connectivity index (χ0) is 21.3. The lowest BCUT2D eigenvalue weighted by molar-refractivity contribution is -0.137. The Bertz CT molecular complexity index is 969. The molecule has 3 rings (SSSR count). The molecule has 1 heterocycles. The van der Waals surface area contributed by atoms with Crippen LogP contribution in [0.25, 0.3) is 27.8 Å². The monoisotopic (exact) mass is 421 g/mol. The van der Waals surface area contributed by atoms with Gasteiger partial charge < -0.3 is 14.2 Å². The number of benzene rings is 2. The van der Waals surface area contributed by atoms with Gasteiger partial charge in [0, 0.05) is 11.6 Å². The highest BCUT2D eigenvalue weighted by Crippen LogP contribution is 2.38. The molecule has 0 N–H and O–H groups in total. The average molecular weight is 422 g/mol. The first-order valence-electron chi connectivity index (χ1n) is 9.45. The summed E-state index contributed by atoms with van der Waals surface area (Å²) >= 11 is 1.58. The van der Waals surface area contributed by atoms with Gasteiger partial charge in [-0.25, -0.2) is 9.78 Å². The maximum atomic E-state index is 11.4. The van der Waals surface area contributed by atoms with Crippen molar-refractivity contribution in [3.8, 4) is 33.2 Å². The molecule has 0 aliphatic heterocycles. The molecule has 3 aromatic rings. The highest BCUT2D eigenvalue weighted by atomic mass is 32.1. The van der Waals surface area contributed by atoms with Gasteiger partial charge in [-0.05, 0) is 67.1 Å². The maximum Gasteiger partial charge on any atom is 0.330 e. The van der Waals surface area contributed by atoms with E-state index in [0.717, 1.165) is 38.2 Å². The summed E-state index contributed by atoms with van der Waals surface area (Å²) in [6.45, 7) is 2.13. The van der Waals surface area contributed by atoms with E-state index < -0.39 is 0 Å². The van der Waals surface area contributed by atoms with E-state index in [1.54, 1.807) is 44.6 Å². The van der Waals surface area contributed by atoms with Gasteiger partial charge in [-0.15, -0.1) is 11.3 Å². The number of hydrogen-bond donors (Lipinski definition) is 0. The standard InChI is InChI=1S/C24H23NO4S/c1-4-29-22(26)8-6-5-7-21-25-23(17-9-13-19(27-2)14-10-17)24(30-21)18-11-15-20(28-3)16-12-18/h5-16H,4H2,1-3H3. The zero-order valence-electron chi connectivity index (χ0n) is 17.1. The number of thiazole rings is 1. The molecule has 0 saturated carbocycles. The fourth-order valence-electron chi connectivity index (χ4n) is 2.75. The summed E-state index contributed by atoms with van der Waals surface area (Å²) in [6.07, 6.45) is 6.70. The van der Waals surface area contributed by atoms with E-state index in [4.69, 9.17) is 19.2 Å². The normalized spacial score (nSPS) is 11.2. The van der Waals surface area contributed by atoms with Crippen LogP contribution in [0.4, 0.5) is 0 Å². The molecule has 6 heteroatoms. The summed E-state index contributed by atoms with van der Waals surface area (Å²) < 4.78 is 15.4. The summed E-state index contributed by atoms with van der Waals surface area (Å²) in [6, 6.07) is 15.7. The van der Waals surface area contributed by atoms with Crippen molar-refractivity contribution in [3.05, 3.63) is 71.8 Å². The van der Waals surface area contributed by atoms with Gasteiger partial charge in [-0.2, -0.15) is 0 Å². The van der Waals surface area contributed by atoms with E-state index in [9.17, 15) is 4.79 Å². The number of rotatable bonds is 8. The third-order valence-electron chi connectivity index (χ3n) is 4.23. The molecule has 0 bridgehead atoms. The number of nitrogens with zero attached hydrogens (tertiary/aromatic N) is 1. The lowest BCUT2D eigenvalue weighted by Gasteiger charge is -2.05. The van der Waals surface area contributed by atoms with Crippen molar-refractivity contribution in [3.63, 3.8) is 0 Å². The van der Waals surface area contributed by atoms with Crippen LogP contribution in [-0.2, 0) is 9.53 Å². The number of carbonyl (C=O) groups is 1. The molecule has 5 nitrogen and oxygen atoms in total. The topological polar surface area (TPSA) is 57.7 Å². The molecule has 0 radical (unpaired) electrons. The Labute approximate surface area is 180 Å². The Morgan fingerprint density at radius 1 is 0.933 bits per heavy atom. The average Bonchev–Trinajstić information content (AvgIpc) is 3.21. The predicted octanol–water partition coefficient (Wildman–Crippen LogP) is 5.63. The van der Waals surface area contributed by atoms with E-state index in [1.165, 1.54) is 6.08 Å². The lowest BCUT2D eigenvalue weighted by atomic mass is 10.1. The van der Waals surface area contributed by atoms with E-state index in [-0.39, 0.29) is 5.97 Å². The number of esters is 1. The van der Waals surface area contributed by atoms with Crippen molar-refractivity contribution in [2.75, 3.05) is 20.8 Å². The first kappa shape index (κ1) is 21.3. The summed E-state index contributed by atoms with van der Waals surface area (Å²) in [5, 5.41) is 0.833. The minimum Gasteiger partial charge on any atom is -0.497 e. The molecular formula is C24H23NO4S. The zero-order valence-corrected chi connectivity index (χ0v) is 17.9. The van der Waals surface area contributed by atoms with Crippen molar-refractivity contribution in [2.45, 2.75) is 6.92 Å². The Morgan fingerprint density at radius 3 is 2.10 bits per heavy atom. The largest absolute Gasteiger partial charge is 0.497 e. The molecule has 0 amide bonds. The first-order valence-corrected chi connectivity index (χ1v) is 10.3. The second kappa shape index (κ2) is 10.4. The first-order chi connectivity index (χ1) is 14.6. The molecule has 0 unspecified atom stereocenters. The summed E-state index contributed by atoms with van der Waals surface area (Å²) in [4.78, 5) is 17.3. The minimum absolute atomic E-state index is 0.357. The van der Waals surface area contributed by atoms with E-state index in [0.29, 0.717) is 6.61 Å². The smallest absolute Gasteiger partial charge is 0.330 e. The van der Waals surface area contributed by atoms with Crippen LogP contribution in [0, 0.1) is 0 Å². The summed E-state index contributed by atoms with van der Waals surface area (Å²) in [7, 11) is 3.30. The minimum atomic E-state index is -0.362. The van der Waals surface area contributed by atoms with Crippen molar-refractivity contribution >= 4 is 23.4 Å². The molecule has 30 heavy (non-hydrogen) atoms. The number of allylic oxidation sites excluding steroid dienone is 2. The number of methoxy groups -OCH3 is 2. The van der Waals surface area contributed by atoms with Crippen LogP contribution in [0.2, 0.25) is 0 Å². The molecule has 0 saturated heterocycles. The number of aromatic nitrogens is 1. The fourth-order valence-corrected chi connectivity index (χ4v) is 3.76. The quantitative estimate of drug-likeness (QED) is 0.268. The number of ether oxygens (including phenoxy) is 3. The third-order valence-corrected chi connectivity index (χ3v) is 5.30. The van der Waals surface area contributed by atoms with Crippen molar-refractivity contribution < 1.29 is 19.0 Å². The van der Waals surface area contributed by atoms with Gasteiger partial charge in [0.15, 0.2) is 0 Å². The van der Waals surface area contributed by atoms with Crippen LogP contribution >= 0.6 is 11.3 Å². The van der Waals surface area contributed by atoms with Crippen LogP contribution in [0.3, 0.4) is 0 Å². The SMILES string of the molecule is CCOC(=O)C=CC=Cc1nc(-c2ccc(OC)cc2)c(-c2ccc(OC)cc2)s1. The Kier molecular flexibility index (Phi) is 7.40. The maximum absolute atomic E-state index is 11.4. The van der Waals surface area contributed by atoms with Crippen molar-refractivity contribution in [1.29, 1.82) is 0 Å². The van der Waals surface area contributed by atoms with Crippen LogP contribution in [-0.4, -0.2) is 31.8 Å². The molecule has 0 spiro atoms. The van der Waals surface area contributed by atoms with Crippen LogP contribution in [0.1, 0.15) is 11.9 Å². The van der Waals surface area contributed by atoms with Crippen LogP contribution in [0.15, 0.2) is 66.8 Å². The molecule has 0 aliphatic rings. The second-order valence-electron chi connectivity index (χ2n) is 6.16. The highest BCUT2D eigenvalue weighted by Gasteiger charge is 2.14. The van der Waals surface area contributed by atoms with Crippen LogP contribution in [0.5, 0.6) is 11.5 Å². The predicted molar refractivity (Wildman–Crippen MR) is 121 cm³/mol. The fraction of sp³-hybridized carbons (Fsp3) is 0.167. The summed E-state index contributed by atoms with van der Waals surface area (Å²) in [5.74, 6) is 1.24. The summed E-state index contributed by atoms with van der Waals surface area (Å²) in [5.41, 5.74) is 2.95. The van der Waals surface area contributed by atoms with Gasteiger partial charge in [0.25, 0.3) is 0 Å². The van der Waals surface area contributed by atoms with Crippen LogP contribution < -0.4 is 9.47 Å². The number of hydrogen-bond acceptors (Lipinski definition) is 6. The van der Waals surface area contributed by atoms with E-state index >= 15 is 0 Å². The Morgan fingerprint density at radius 2 is 1.53 bits per heavy atom. The highest BCUT2D eigenvalue weighted by molar-refractivity contribution is 7.16. The molecule has 2 aromatic carbocycles. The van der Waals surface area contributed by atoms with Crippen molar-refractivity contribution in [1.82, 2.24) is 4.98 Å². The molecule has 0 atom stereocenters. The van der Waals surface area contributed by atoms with Gasteiger partial charge in [0.05, 0.1) is 31.4 Å². The van der Waals surface area contributed by atoms with E-state index in [2.05, 4.69) is 0 Å². The second-order valence-corrected chi connectivity index (χ2v) is 7.19. The number of carbonyl (C=O) groups excluding carboxylic acids is 1. The molecule has 154 valence electrons. The van der Waals surface area contributed by atoms with E-state index in [1.807, 2.05) is 54.6 Å².